The number of carboxylic acid groups (broad SMARTS) is 1. The molecule has 1 aliphatic rings. The monoisotopic (exact) mass is 895 g/mol. The Bertz CT molecular complexity index is 964. The summed E-state index contributed by atoms with van der Waals surface area (Å²) >= 11 is 0. The Hall–Kier alpha value is -2.04. The van der Waals surface area contributed by atoms with Crippen LogP contribution in [0.5, 0.6) is 0 Å². The maximum atomic E-state index is 12.5. The minimum atomic E-state index is -0.250. The highest BCUT2D eigenvalue weighted by atomic mass is 16.5. The van der Waals surface area contributed by atoms with Crippen LogP contribution in [0.25, 0.3) is 0 Å². The Labute approximate surface area is 390 Å². The van der Waals surface area contributed by atoms with E-state index in [2.05, 4.69) is 54.3 Å². The summed E-state index contributed by atoms with van der Waals surface area (Å²) < 4.78 is 5.30. The number of hydrogen-bond acceptors (Lipinski definition) is 8. The second-order valence-electron chi connectivity index (χ2n) is 18.3. The zero-order valence-corrected chi connectivity index (χ0v) is 42.5. The summed E-state index contributed by atoms with van der Waals surface area (Å²) in [5.74, 6) is 0.327. The summed E-state index contributed by atoms with van der Waals surface area (Å²) in [6.45, 7) is 20.0. The molecule has 63 heavy (non-hydrogen) atoms. The molecule has 0 aromatic carbocycles. The zero-order valence-electron chi connectivity index (χ0n) is 42.5. The quantitative estimate of drug-likeness (QED) is 0.0363. The fraction of sp³-hybridized carbons (Fsp3) is 0.925. The van der Waals surface area contributed by atoms with Gasteiger partial charge in [-0.05, 0) is 104 Å². The number of carbonyl (C=O) groups excluding carboxylic acids is 3. The van der Waals surface area contributed by atoms with Gasteiger partial charge in [0.15, 0.2) is 0 Å². The first-order valence-electron chi connectivity index (χ1n) is 26.9. The number of unbranched alkanes of at least 4 members (excludes halogenated alkanes) is 24. The molecule has 10 nitrogen and oxygen atoms in total. The molecule has 0 spiro atoms. The van der Waals surface area contributed by atoms with Gasteiger partial charge in [-0.2, -0.15) is 0 Å². The number of amides is 1. The molecule has 0 saturated carbocycles. The fourth-order valence-electron chi connectivity index (χ4n) is 8.17. The maximum Gasteiger partial charge on any atom is 0.305 e. The lowest BCUT2D eigenvalue weighted by Gasteiger charge is -2.32. The summed E-state index contributed by atoms with van der Waals surface area (Å²) in [5.41, 5.74) is 0. The Morgan fingerprint density at radius 1 is 0.476 bits per heavy atom. The molecule has 1 amide bonds. The molecule has 0 aromatic rings. The third kappa shape index (κ3) is 47.7. The van der Waals surface area contributed by atoms with E-state index in [9.17, 15) is 14.4 Å². The van der Waals surface area contributed by atoms with Gasteiger partial charge in [-0.1, -0.05) is 163 Å². The molecule has 1 rings (SSSR count). The predicted octanol–water partition coefficient (Wildman–Crippen LogP) is 12.7. The third-order valence-corrected chi connectivity index (χ3v) is 12.4. The minimum absolute atomic E-state index is 0.0518. The van der Waals surface area contributed by atoms with Gasteiger partial charge in [0.2, 0.25) is 5.91 Å². The van der Waals surface area contributed by atoms with Gasteiger partial charge in [0.05, 0.1) is 6.61 Å². The standard InChI is InChI=1S/C28H57N3O.C24H47NO3.CH2O2/c1-4-6-8-10-12-13-15-18-22-30(21-17-14-11-9-7-5-2)23-19-16-20-28(32)31-26-24-29(3)25-27-31;1-3-5-7-8-9-10-11-13-19-25(20-14-12-15-22-26)21-17-18-24(27)28-23-16-6-4-2;2-1-3/h4-27H2,1-3H3;22H,3-21,23H2,1-2H3;1H,(H,2,3). The molecule has 0 aliphatic carbocycles. The molecule has 1 aliphatic heterocycles. The van der Waals surface area contributed by atoms with Crippen LogP contribution in [0.1, 0.15) is 240 Å². The van der Waals surface area contributed by atoms with E-state index in [1.54, 1.807) is 0 Å². The van der Waals surface area contributed by atoms with Crippen LogP contribution in [0.15, 0.2) is 0 Å². The third-order valence-electron chi connectivity index (χ3n) is 12.4. The van der Waals surface area contributed by atoms with Crippen molar-refractivity contribution in [2.45, 2.75) is 240 Å². The molecule has 0 radical (unpaired) electrons. The average molecular weight is 895 g/mol. The van der Waals surface area contributed by atoms with Gasteiger partial charge < -0.3 is 34.2 Å². The highest BCUT2D eigenvalue weighted by Gasteiger charge is 2.18. The number of likely N-dealkylation sites (N-methyl/N-ethyl adjacent to an activating group) is 1. The van der Waals surface area contributed by atoms with Gasteiger partial charge in [-0.3, -0.25) is 14.4 Å². The van der Waals surface area contributed by atoms with E-state index in [1.807, 2.05) is 0 Å². The molecule has 374 valence electrons. The molecular weight excluding hydrogens is 789 g/mol. The maximum absolute atomic E-state index is 12.5. The number of nitrogens with zero attached hydrogens (tertiary/aromatic N) is 4. The van der Waals surface area contributed by atoms with Crippen molar-refractivity contribution in [3.05, 3.63) is 0 Å². The van der Waals surface area contributed by atoms with E-state index in [0.717, 1.165) is 103 Å². The van der Waals surface area contributed by atoms with Crippen LogP contribution >= 0.6 is 0 Å². The van der Waals surface area contributed by atoms with Gasteiger partial charge >= 0.3 is 5.97 Å². The van der Waals surface area contributed by atoms with Gasteiger partial charge in [0.1, 0.15) is 6.29 Å². The van der Waals surface area contributed by atoms with Crippen LogP contribution < -0.4 is 0 Å². The summed E-state index contributed by atoms with van der Waals surface area (Å²) in [7, 11) is 2.15. The van der Waals surface area contributed by atoms with E-state index >= 15 is 0 Å². The largest absolute Gasteiger partial charge is 0.483 e. The Kier molecular flexibility index (Phi) is 52.6. The van der Waals surface area contributed by atoms with Gasteiger partial charge in [0, 0.05) is 45.4 Å². The Morgan fingerprint density at radius 3 is 1.24 bits per heavy atom. The van der Waals surface area contributed by atoms with Crippen LogP contribution in [-0.4, -0.2) is 128 Å². The molecule has 0 aromatic heterocycles. The minimum Gasteiger partial charge on any atom is -0.483 e. The second-order valence-corrected chi connectivity index (χ2v) is 18.3. The van der Waals surface area contributed by atoms with Crippen molar-refractivity contribution in [3.63, 3.8) is 0 Å². The normalized spacial score (nSPS) is 12.8. The second kappa shape index (κ2) is 52.6. The van der Waals surface area contributed by atoms with Gasteiger partial charge in [-0.15, -0.1) is 0 Å². The summed E-state index contributed by atoms with van der Waals surface area (Å²) in [6.07, 6.45) is 41.4. The number of hydrogen-bond donors (Lipinski definition) is 1. The SMILES string of the molecule is CCCCCCCCCCN(CCCCC=O)CCCC(=O)OCCCCC.CCCCCCCCCCN(CCCCCCCC)CCCCC(=O)N1CCN(C)CC1.O=CO. The van der Waals surface area contributed by atoms with Crippen LogP contribution in [0.3, 0.4) is 0 Å². The zero-order chi connectivity index (χ0) is 46.7. The van der Waals surface area contributed by atoms with Crippen molar-refractivity contribution in [2.75, 3.05) is 79.1 Å². The topological polar surface area (TPSA) is 111 Å². The molecule has 10 heteroatoms. The average Bonchev–Trinajstić information content (AvgIpc) is 3.28. The van der Waals surface area contributed by atoms with Crippen LogP contribution in [0.2, 0.25) is 0 Å². The number of piperazine rings is 1. The van der Waals surface area contributed by atoms with E-state index in [0.29, 0.717) is 25.4 Å². The smallest absolute Gasteiger partial charge is 0.305 e. The molecule has 0 unspecified atom stereocenters. The van der Waals surface area contributed by atoms with Crippen LogP contribution in [0.4, 0.5) is 0 Å². The van der Waals surface area contributed by atoms with Crippen molar-refractivity contribution < 1.29 is 29.0 Å². The number of aldehydes is 1. The van der Waals surface area contributed by atoms with E-state index in [-0.39, 0.29) is 12.4 Å². The number of carbonyl (C=O) groups is 4. The van der Waals surface area contributed by atoms with Crippen molar-refractivity contribution >= 4 is 24.6 Å². The van der Waals surface area contributed by atoms with Gasteiger partial charge in [0.25, 0.3) is 6.47 Å². The first kappa shape index (κ1) is 63.0. The number of ether oxygens (including phenoxy) is 1. The summed E-state index contributed by atoms with van der Waals surface area (Å²) in [5, 5.41) is 6.89. The van der Waals surface area contributed by atoms with Gasteiger partial charge in [-0.25, -0.2) is 0 Å². The lowest BCUT2D eigenvalue weighted by Crippen LogP contribution is -2.47. The van der Waals surface area contributed by atoms with E-state index < -0.39 is 0 Å². The molecule has 0 bridgehead atoms. The lowest BCUT2D eigenvalue weighted by atomic mass is 10.1. The number of esters is 1. The van der Waals surface area contributed by atoms with Crippen LogP contribution in [0, 0.1) is 0 Å². The summed E-state index contributed by atoms with van der Waals surface area (Å²) in [6, 6.07) is 0. The molecular formula is C53H106N4O6. The van der Waals surface area contributed by atoms with Crippen LogP contribution in [-0.2, 0) is 23.9 Å². The Balaban J connectivity index is 0. The molecule has 1 N–H and O–H groups in total. The predicted molar refractivity (Wildman–Crippen MR) is 268 cm³/mol. The fourth-order valence-corrected chi connectivity index (χ4v) is 8.17. The molecule has 1 heterocycles. The molecule has 1 saturated heterocycles. The first-order valence-corrected chi connectivity index (χ1v) is 26.9. The highest BCUT2D eigenvalue weighted by Crippen LogP contribution is 2.13. The van der Waals surface area contributed by atoms with Crippen molar-refractivity contribution in [3.8, 4) is 0 Å². The van der Waals surface area contributed by atoms with E-state index in [1.165, 1.54) is 167 Å². The highest BCUT2D eigenvalue weighted by molar-refractivity contribution is 5.76. The van der Waals surface area contributed by atoms with Crippen molar-refractivity contribution in [1.82, 2.24) is 19.6 Å². The van der Waals surface area contributed by atoms with E-state index in [4.69, 9.17) is 14.6 Å². The number of rotatable bonds is 43. The Morgan fingerprint density at radius 2 is 0.825 bits per heavy atom. The van der Waals surface area contributed by atoms with Crippen molar-refractivity contribution in [1.29, 1.82) is 0 Å². The summed E-state index contributed by atoms with van der Waals surface area (Å²) in [4.78, 5) is 52.7. The van der Waals surface area contributed by atoms with Crippen molar-refractivity contribution in [2.24, 2.45) is 0 Å². The molecule has 0 atom stereocenters. The molecule has 1 fully saturated rings. The lowest BCUT2D eigenvalue weighted by molar-refractivity contribution is -0.144. The first-order chi connectivity index (χ1) is 30.8.